The molecule has 3 aromatic heterocycles. The molecule has 14 nitrogen and oxygen atoms in total. The topological polar surface area (TPSA) is 184 Å². The summed E-state index contributed by atoms with van der Waals surface area (Å²) in [5, 5.41) is 18.1. The van der Waals surface area contributed by atoms with Crippen LogP contribution in [0, 0.1) is 22.5 Å². The van der Waals surface area contributed by atoms with E-state index in [-0.39, 0.29) is 28.4 Å². The highest BCUT2D eigenvalue weighted by Gasteiger charge is 2.32. The first-order valence-corrected chi connectivity index (χ1v) is 13.1. The van der Waals surface area contributed by atoms with Gasteiger partial charge in [-0.2, -0.15) is 0 Å². The van der Waals surface area contributed by atoms with Gasteiger partial charge in [0.15, 0.2) is 5.69 Å². The standard InChI is InChI=1S/C27H25BrN10O4/c1-5-16-11-17(8-9-19(16)28)33-25-18-12-22(30-13-20(18)31-15-32-25)34-23(39)7-6-10-38(3,4)14-21-26(37(41)42)35-27(24(29)40)36(21)2/h1,6-9,11-13,15H,10,14H2,2-4H3,(H3-,29,30,31,32,33,34,35,39,40)/p+1/b7-6+. The average Bonchev–Trinajstić information content (AvgIpc) is 3.25. The Morgan fingerprint density at radius 1 is 1.26 bits per heavy atom. The van der Waals surface area contributed by atoms with Gasteiger partial charge in [0.25, 0.3) is 0 Å². The summed E-state index contributed by atoms with van der Waals surface area (Å²) in [5.41, 5.74) is 7.50. The van der Waals surface area contributed by atoms with E-state index in [0.29, 0.717) is 28.8 Å². The Morgan fingerprint density at radius 3 is 2.71 bits per heavy atom. The third-order valence-electron chi connectivity index (χ3n) is 6.19. The maximum atomic E-state index is 12.7. The predicted octanol–water partition coefficient (Wildman–Crippen LogP) is 3.02. The Kier molecular flexibility index (Phi) is 8.59. The third-order valence-corrected chi connectivity index (χ3v) is 6.88. The second kappa shape index (κ2) is 12.1. The Labute approximate surface area is 248 Å². The number of fused-ring (bicyclic) bond motifs is 1. The number of likely N-dealkylation sites (N-methyl/N-ethyl adjacent to an activating group) is 1. The van der Waals surface area contributed by atoms with Crippen LogP contribution in [0.3, 0.4) is 0 Å². The largest absolute Gasteiger partial charge is 0.391 e. The number of rotatable bonds is 10. The molecule has 0 atom stereocenters. The van der Waals surface area contributed by atoms with Crippen LogP contribution in [0.5, 0.6) is 0 Å². The van der Waals surface area contributed by atoms with Gasteiger partial charge in [0.05, 0.1) is 32.4 Å². The normalized spacial score (nSPS) is 11.4. The van der Waals surface area contributed by atoms with Crippen molar-refractivity contribution >= 4 is 61.8 Å². The van der Waals surface area contributed by atoms with Gasteiger partial charge >= 0.3 is 17.5 Å². The van der Waals surface area contributed by atoms with Crippen molar-refractivity contribution in [2.45, 2.75) is 6.54 Å². The molecule has 0 bridgehead atoms. The van der Waals surface area contributed by atoms with Crippen LogP contribution in [-0.4, -0.2) is 66.4 Å². The second-order valence-corrected chi connectivity index (χ2v) is 10.7. The van der Waals surface area contributed by atoms with E-state index in [1.165, 1.54) is 30.2 Å². The number of nitro groups is 1. The molecule has 0 spiro atoms. The van der Waals surface area contributed by atoms with Crippen molar-refractivity contribution in [2.75, 3.05) is 31.3 Å². The molecule has 214 valence electrons. The van der Waals surface area contributed by atoms with Crippen molar-refractivity contribution in [2.24, 2.45) is 12.8 Å². The molecule has 1 aromatic carbocycles. The number of terminal acetylenes is 1. The zero-order valence-corrected chi connectivity index (χ0v) is 24.4. The Balaban J connectivity index is 1.46. The fourth-order valence-electron chi connectivity index (χ4n) is 4.12. The molecule has 0 saturated carbocycles. The van der Waals surface area contributed by atoms with Gasteiger partial charge in [0.1, 0.15) is 24.5 Å². The summed E-state index contributed by atoms with van der Waals surface area (Å²) >= 11 is 3.41. The van der Waals surface area contributed by atoms with Crippen molar-refractivity contribution in [3.63, 3.8) is 0 Å². The zero-order chi connectivity index (χ0) is 30.6. The smallest absolute Gasteiger partial charge is 0.361 e. The van der Waals surface area contributed by atoms with E-state index < -0.39 is 22.6 Å². The van der Waals surface area contributed by atoms with Crippen LogP contribution >= 0.6 is 15.9 Å². The molecule has 0 saturated heterocycles. The summed E-state index contributed by atoms with van der Waals surface area (Å²) in [6, 6.07) is 7.13. The second-order valence-electron chi connectivity index (χ2n) is 9.83. The van der Waals surface area contributed by atoms with Crippen LogP contribution in [0.1, 0.15) is 21.9 Å². The van der Waals surface area contributed by atoms with Crippen LogP contribution in [0.25, 0.3) is 10.9 Å². The number of anilines is 3. The number of pyridine rings is 1. The van der Waals surface area contributed by atoms with Gasteiger partial charge in [-0.15, -0.1) is 6.42 Å². The fraction of sp³-hybridized carbons (Fsp3) is 0.185. The monoisotopic (exact) mass is 633 g/mol. The lowest BCUT2D eigenvalue weighted by molar-refractivity contribution is -0.898. The van der Waals surface area contributed by atoms with Gasteiger partial charge in [0, 0.05) is 34.2 Å². The summed E-state index contributed by atoms with van der Waals surface area (Å²) in [5.74, 6) is 1.47. The van der Waals surface area contributed by atoms with Crippen LogP contribution in [0.4, 0.5) is 23.1 Å². The quantitative estimate of drug-likeness (QED) is 0.0776. The highest BCUT2D eigenvalue weighted by molar-refractivity contribution is 9.10. The molecule has 2 amide bonds. The molecule has 0 aliphatic rings. The van der Waals surface area contributed by atoms with Crippen molar-refractivity contribution in [1.29, 1.82) is 0 Å². The number of carbonyl (C=O) groups is 2. The van der Waals surface area contributed by atoms with Crippen molar-refractivity contribution in [1.82, 2.24) is 24.5 Å². The zero-order valence-electron chi connectivity index (χ0n) is 22.8. The minimum atomic E-state index is -0.864. The third kappa shape index (κ3) is 6.74. The summed E-state index contributed by atoms with van der Waals surface area (Å²) in [6.07, 6.45) is 11.5. The molecule has 4 aromatic rings. The van der Waals surface area contributed by atoms with E-state index >= 15 is 0 Å². The van der Waals surface area contributed by atoms with E-state index in [2.05, 4.69) is 52.4 Å². The highest BCUT2D eigenvalue weighted by Crippen LogP contribution is 2.27. The first kappa shape index (κ1) is 29.8. The van der Waals surface area contributed by atoms with Crippen LogP contribution in [0.15, 0.2) is 53.4 Å². The van der Waals surface area contributed by atoms with E-state index in [9.17, 15) is 19.7 Å². The van der Waals surface area contributed by atoms with Crippen molar-refractivity contribution < 1.29 is 19.0 Å². The number of hydrogen-bond acceptors (Lipinski definition) is 9. The van der Waals surface area contributed by atoms with Crippen molar-refractivity contribution in [3.05, 3.63) is 80.6 Å². The molecule has 0 unspecified atom stereocenters. The maximum Gasteiger partial charge on any atom is 0.391 e. The predicted molar refractivity (Wildman–Crippen MR) is 160 cm³/mol. The number of benzene rings is 1. The highest BCUT2D eigenvalue weighted by atomic mass is 79.9. The number of primary amides is 1. The lowest BCUT2D eigenvalue weighted by atomic mass is 10.2. The van der Waals surface area contributed by atoms with Crippen LogP contribution in [0.2, 0.25) is 0 Å². The minimum absolute atomic E-state index is 0.155. The van der Waals surface area contributed by atoms with Crippen LogP contribution in [-0.2, 0) is 18.4 Å². The van der Waals surface area contributed by atoms with Gasteiger partial charge in [-0.25, -0.2) is 15.0 Å². The van der Waals surface area contributed by atoms with Crippen molar-refractivity contribution in [3.8, 4) is 12.3 Å². The number of nitrogens with one attached hydrogen (secondary N) is 2. The average molecular weight is 634 g/mol. The first-order chi connectivity index (χ1) is 19.9. The van der Waals surface area contributed by atoms with Gasteiger partial charge in [-0.05, 0) is 56.2 Å². The molecule has 42 heavy (non-hydrogen) atoms. The SMILES string of the molecule is C#Cc1cc(Nc2ncnc3cnc(NC(=O)/C=C/C[N+](C)(C)Cc4c([N+](=O)[O-])nc(C(N)=O)n4C)cc23)ccc1Br. The summed E-state index contributed by atoms with van der Waals surface area (Å²) in [7, 11) is 5.13. The Bertz CT molecular complexity index is 1790. The number of hydrogen-bond donors (Lipinski definition) is 3. The number of halogens is 1. The Hall–Kier alpha value is -5.20. The number of carbonyl (C=O) groups excluding carboxylic acids is 2. The van der Waals surface area contributed by atoms with Gasteiger partial charge < -0.3 is 31.0 Å². The summed E-state index contributed by atoms with van der Waals surface area (Å²) in [4.78, 5) is 51.7. The fourth-order valence-corrected chi connectivity index (χ4v) is 4.48. The van der Waals surface area contributed by atoms with Gasteiger partial charge in [-0.3, -0.25) is 14.2 Å². The molecule has 0 radical (unpaired) electrons. The lowest BCUT2D eigenvalue weighted by Gasteiger charge is -2.28. The molecule has 4 rings (SSSR count). The number of amides is 2. The number of quaternary nitrogens is 1. The number of nitrogens with two attached hydrogens (primary N) is 1. The van der Waals surface area contributed by atoms with Gasteiger partial charge in [-0.1, -0.05) is 5.92 Å². The molecule has 0 fully saturated rings. The molecular weight excluding hydrogens is 608 g/mol. The summed E-state index contributed by atoms with van der Waals surface area (Å²) < 4.78 is 2.34. The number of imidazole rings is 1. The number of aromatic nitrogens is 5. The molecule has 4 N–H and O–H groups in total. The van der Waals surface area contributed by atoms with Crippen LogP contribution < -0.4 is 16.4 Å². The lowest BCUT2D eigenvalue weighted by Crippen LogP contribution is -2.39. The molecule has 0 aliphatic carbocycles. The Morgan fingerprint density at radius 2 is 2.02 bits per heavy atom. The first-order valence-electron chi connectivity index (χ1n) is 12.3. The number of nitrogens with zero attached hydrogens (tertiary/aromatic N) is 7. The van der Waals surface area contributed by atoms with Gasteiger partial charge in [0.2, 0.25) is 5.91 Å². The maximum absolute atomic E-state index is 12.7. The van der Waals surface area contributed by atoms with E-state index in [1.54, 1.807) is 18.2 Å². The molecule has 15 heteroatoms. The van der Waals surface area contributed by atoms with E-state index in [1.807, 2.05) is 26.2 Å². The molecule has 3 heterocycles. The molecular formula is C27H26BrN10O4+. The summed E-state index contributed by atoms with van der Waals surface area (Å²) in [6.45, 7) is 0.490. The minimum Gasteiger partial charge on any atom is -0.361 e. The molecule has 0 aliphatic heterocycles. The van der Waals surface area contributed by atoms with E-state index in [4.69, 9.17) is 12.2 Å². The van der Waals surface area contributed by atoms with E-state index in [0.717, 1.165) is 10.2 Å².